The molecule has 0 aromatic heterocycles. The molecule has 168 valence electrons. The zero-order chi connectivity index (χ0) is 19.9. The zero-order valence-electron chi connectivity index (χ0n) is 18.2. The van der Waals surface area contributed by atoms with E-state index in [-0.39, 0.29) is 29.5 Å². The van der Waals surface area contributed by atoms with E-state index in [0.717, 1.165) is 64.4 Å². The number of nitrogens with one attached hydrogen (secondary N) is 1. The van der Waals surface area contributed by atoms with Crippen molar-refractivity contribution in [2.45, 2.75) is 31.7 Å². The number of ether oxygens (including phenoxy) is 1. The maximum absolute atomic E-state index is 5.61. The van der Waals surface area contributed by atoms with E-state index in [0.29, 0.717) is 0 Å². The van der Waals surface area contributed by atoms with E-state index in [2.05, 4.69) is 64.1 Å². The number of likely N-dealkylation sites (tertiary alicyclic amines) is 1. The molecule has 0 saturated carbocycles. The molecule has 0 aliphatic carbocycles. The molecule has 1 N–H and O–H groups in total. The lowest BCUT2D eigenvalue weighted by atomic mass is 9.96. The van der Waals surface area contributed by atoms with Crippen LogP contribution in [-0.4, -0.2) is 85.3 Å². The van der Waals surface area contributed by atoms with Crippen molar-refractivity contribution in [2.24, 2.45) is 10.9 Å². The second-order valence-electron chi connectivity index (χ2n) is 8.59. The Hall–Kier alpha value is -0.510. The van der Waals surface area contributed by atoms with Gasteiger partial charge in [-0.05, 0) is 43.4 Å². The van der Waals surface area contributed by atoms with Gasteiger partial charge in [-0.25, -0.2) is 0 Å². The predicted molar refractivity (Wildman–Crippen MR) is 138 cm³/mol. The Morgan fingerprint density at radius 2 is 2.03 bits per heavy atom. The van der Waals surface area contributed by atoms with Crippen LogP contribution in [0, 0.1) is 5.92 Å². The molecule has 0 spiro atoms. The first-order chi connectivity index (χ1) is 14.3. The molecule has 2 unspecified atom stereocenters. The van der Waals surface area contributed by atoms with Gasteiger partial charge in [0.1, 0.15) is 0 Å². The van der Waals surface area contributed by atoms with Crippen LogP contribution in [0.5, 0.6) is 0 Å². The third kappa shape index (κ3) is 6.04. The van der Waals surface area contributed by atoms with Crippen LogP contribution in [0.1, 0.15) is 25.3 Å². The van der Waals surface area contributed by atoms with Gasteiger partial charge in [-0.15, -0.1) is 24.0 Å². The van der Waals surface area contributed by atoms with Gasteiger partial charge < -0.3 is 15.0 Å². The van der Waals surface area contributed by atoms with Gasteiger partial charge in [-0.2, -0.15) is 11.8 Å². The molecular formula is C23H37IN4OS. The van der Waals surface area contributed by atoms with E-state index in [1.807, 2.05) is 0 Å². The fourth-order valence-corrected chi connectivity index (χ4v) is 6.36. The van der Waals surface area contributed by atoms with Crippen LogP contribution in [0.15, 0.2) is 35.3 Å². The van der Waals surface area contributed by atoms with Crippen molar-refractivity contribution in [1.82, 2.24) is 15.1 Å². The van der Waals surface area contributed by atoms with Gasteiger partial charge in [0.05, 0.1) is 25.3 Å². The lowest BCUT2D eigenvalue weighted by molar-refractivity contribution is -0.0105. The maximum Gasteiger partial charge on any atom is 0.193 e. The molecule has 4 rings (SSSR count). The molecule has 7 heteroatoms. The smallest absolute Gasteiger partial charge is 0.193 e. The SMILES string of the molecule is CCNC(=NCC1(N2CCOCC2)CCSC1)N1CCC(Cc2ccccc2)C1.I. The van der Waals surface area contributed by atoms with Gasteiger partial charge in [-0.3, -0.25) is 9.89 Å². The Morgan fingerprint density at radius 3 is 2.73 bits per heavy atom. The minimum Gasteiger partial charge on any atom is -0.379 e. The van der Waals surface area contributed by atoms with E-state index in [1.165, 1.54) is 36.3 Å². The molecule has 3 heterocycles. The molecule has 30 heavy (non-hydrogen) atoms. The van der Waals surface area contributed by atoms with Crippen LogP contribution < -0.4 is 5.32 Å². The summed E-state index contributed by atoms with van der Waals surface area (Å²) in [4.78, 5) is 10.4. The molecule has 0 radical (unpaired) electrons. The summed E-state index contributed by atoms with van der Waals surface area (Å²) in [6, 6.07) is 10.9. The third-order valence-corrected chi connectivity index (χ3v) is 7.81. The van der Waals surface area contributed by atoms with Crippen LogP contribution in [0.25, 0.3) is 0 Å². The highest BCUT2D eigenvalue weighted by Gasteiger charge is 2.41. The highest BCUT2D eigenvalue weighted by molar-refractivity contribution is 14.0. The summed E-state index contributed by atoms with van der Waals surface area (Å²) in [6.07, 6.45) is 3.67. The van der Waals surface area contributed by atoms with Crippen molar-refractivity contribution in [2.75, 3.05) is 64.0 Å². The first-order valence-corrected chi connectivity index (χ1v) is 12.4. The number of rotatable bonds is 6. The lowest BCUT2D eigenvalue weighted by Gasteiger charge is -2.42. The number of nitrogens with zero attached hydrogens (tertiary/aromatic N) is 3. The first kappa shape index (κ1) is 24.1. The van der Waals surface area contributed by atoms with Gasteiger partial charge >= 0.3 is 0 Å². The molecule has 3 aliphatic rings. The average molecular weight is 545 g/mol. The Balaban J connectivity index is 0.00000256. The third-order valence-electron chi connectivity index (χ3n) is 6.58. The second-order valence-corrected chi connectivity index (χ2v) is 9.69. The van der Waals surface area contributed by atoms with Gasteiger partial charge in [0.15, 0.2) is 5.96 Å². The summed E-state index contributed by atoms with van der Waals surface area (Å²) >= 11 is 2.09. The summed E-state index contributed by atoms with van der Waals surface area (Å²) < 4.78 is 5.61. The number of thioether (sulfide) groups is 1. The summed E-state index contributed by atoms with van der Waals surface area (Å²) in [5, 5.41) is 3.58. The number of hydrogen-bond donors (Lipinski definition) is 1. The quantitative estimate of drug-likeness (QED) is 0.338. The highest BCUT2D eigenvalue weighted by atomic mass is 127. The summed E-state index contributed by atoms with van der Waals surface area (Å²) in [7, 11) is 0. The van der Waals surface area contributed by atoms with Crippen molar-refractivity contribution in [3.8, 4) is 0 Å². The fourth-order valence-electron chi connectivity index (χ4n) is 4.90. The van der Waals surface area contributed by atoms with Crippen molar-refractivity contribution in [3.05, 3.63) is 35.9 Å². The number of halogens is 1. The van der Waals surface area contributed by atoms with Crippen LogP contribution >= 0.6 is 35.7 Å². The normalized spacial score (nSPS) is 27.8. The minimum absolute atomic E-state index is 0. The van der Waals surface area contributed by atoms with Crippen molar-refractivity contribution < 1.29 is 4.74 Å². The molecule has 1 aromatic carbocycles. The van der Waals surface area contributed by atoms with E-state index in [9.17, 15) is 0 Å². The van der Waals surface area contributed by atoms with Crippen LogP contribution in [0.2, 0.25) is 0 Å². The number of benzene rings is 1. The first-order valence-electron chi connectivity index (χ1n) is 11.3. The van der Waals surface area contributed by atoms with Crippen molar-refractivity contribution in [3.63, 3.8) is 0 Å². The molecule has 3 saturated heterocycles. The van der Waals surface area contributed by atoms with E-state index < -0.39 is 0 Å². The molecule has 0 amide bonds. The van der Waals surface area contributed by atoms with Crippen molar-refractivity contribution in [1.29, 1.82) is 0 Å². The monoisotopic (exact) mass is 544 g/mol. The van der Waals surface area contributed by atoms with Crippen LogP contribution in [0.3, 0.4) is 0 Å². The number of morpholine rings is 1. The van der Waals surface area contributed by atoms with Gasteiger partial charge in [0.2, 0.25) is 0 Å². The number of hydrogen-bond acceptors (Lipinski definition) is 4. The second kappa shape index (κ2) is 11.9. The Kier molecular flexibility index (Phi) is 9.60. The predicted octanol–water partition coefficient (Wildman–Crippen LogP) is 3.34. The Labute approximate surface area is 203 Å². The van der Waals surface area contributed by atoms with Crippen LogP contribution in [0.4, 0.5) is 0 Å². The Bertz CT molecular complexity index is 662. The Morgan fingerprint density at radius 1 is 1.23 bits per heavy atom. The molecule has 0 bridgehead atoms. The number of aliphatic imine (C=N–C) groups is 1. The summed E-state index contributed by atoms with van der Waals surface area (Å²) in [5.74, 6) is 4.29. The standard InChI is InChI=1S/C23H36N4OS.HI/c1-2-24-22(26-10-8-21(17-26)16-20-6-4-3-5-7-20)25-18-23(9-15-29-19-23)27-11-13-28-14-12-27;/h3-7,21H,2,8-19H2,1H3,(H,24,25);1H. The average Bonchev–Trinajstić information content (AvgIpc) is 3.43. The van der Waals surface area contributed by atoms with E-state index in [4.69, 9.17) is 9.73 Å². The van der Waals surface area contributed by atoms with Crippen molar-refractivity contribution >= 4 is 41.7 Å². The van der Waals surface area contributed by atoms with E-state index in [1.54, 1.807) is 0 Å². The molecular weight excluding hydrogens is 507 g/mol. The maximum atomic E-state index is 5.61. The summed E-state index contributed by atoms with van der Waals surface area (Å²) in [5.41, 5.74) is 1.67. The van der Waals surface area contributed by atoms with Gasteiger partial charge in [0, 0.05) is 38.5 Å². The molecule has 1 aromatic rings. The van der Waals surface area contributed by atoms with E-state index >= 15 is 0 Å². The largest absolute Gasteiger partial charge is 0.379 e. The minimum atomic E-state index is 0. The fraction of sp³-hybridized carbons (Fsp3) is 0.696. The topological polar surface area (TPSA) is 40.1 Å². The highest BCUT2D eigenvalue weighted by Crippen LogP contribution is 2.34. The zero-order valence-corrected chi connectivity index (χ0v) is 21.4. The molecule has 3 fully saturated rings. The lowest BCUT2D eigenvalue weighted by Crippen LogP contribution is -2.56. The molecule has 2 atom stereocenters. The van der Waals surface area contributed by atoms with Gasteiger partial charge in [-0.1, -0.05) is 30.3 Å². The van der Waals surface area contributed by atoms with Crippen LogP contribution in [-0.2, 0) is 11.2 Å². The molecule has 3 aliphatic heterocycles. The molecule has 5 nitrogen and oxygen atoms in total. The number of guanidine groups is 1. The summed E-state index contributed by atoms with van der Waals surface area (Å²) in [6.45, 7) is 10.1. The van der Waals surface area contributed by atoms with Gasteiger partial charge in [0.25, 0.3) is 0 Å².